The van der Waals surface area contributed by atoms with Crippen molar-refractivity contribution in [2.24, 2.45) is 0 Å². The maximum atomic E-state index is 12.5. The molecule has 1 aromatic heterocycles. The van der Waals surface area contributed by atoms with Crippen molar-refractivity contribution >= 4 is 24.8 Å². The second kappa shape index (κ2) is 11.0. The Morgan fingerprint density at radius 1 is 1.05 bits per heavy atom. The van der Waals surface area contributed by atoms with Crippen LogP contribution < -0.4 is 0 Å². The Morgan fingerprint density at radius 2 is 1.59 bits per heavy atom. The zero-order chi connectivity index (χ0) is 16.3. The second-order valence-electron chi connectivity index (χ2n) is 6.12. The molecule has 0 atom stereocenters. The first-order valence-electron chi connectivity index (χ1n) is 8.80. The molecule has 3 nitrogen and oxygen atoms in total. The van der Waals surface area contributed by atoms with Crippen molar-refractivity contribution in [2.75, 3.05) is 0 Å². The number of carbonyl (C=O) groups is 1. The molecular formula is C18H31NO2Sn. The summed E-state index contributed by atoms with van der Waals surface area (Å²) in [5, 5.41) is 0. The van der Waals surface area contributed by atoms with Gasteiger partial charge in [0.15, 0.2) is 0 Å². The topological polar surface area (TPSA) is 39.2 Å². The Labute approximate surface area is 140 Å². The predicted molar refractivity (Wildman–Crippen MR) is 94.6 cm³/mol. The SMILES string of the molecule is CCC[CH2][Sn]([CH2]CCC)([CH2]CCC)[O]C(=O)c1cccnc1. The van der Waals surface area contributed by atoms with Gasteiger partial charge in [0.1, 0.15) is 0 Å². The summed E-state index contributed by atoms with van der Waals surface area (Å²) in [7, 11) is 0. The molecular weight excluding hydrogens is 381 g/mol. The number of nitrogens with zero attached hydrogens (tertiary/aromatic N) is 1. The minimum absolute atomic E-state index is 0.132. The summed E-state index contributed by atoms with van der Waals surface area (Å²) in [4.78, 5) is 16.6. The van der Waals surface area contributed by atoms with E-state index < -0.39 is 18.8 Å². The fraction of sp³-hybridized carbons (Fsp3) is 0.667. The molecule has 0 fully saturated rings. The summed E-state index contributed by atoms with van der Waals surface area (Å²) in [6, 6.07) is 3.61. The molecule has 0 aromatic carbocycles. The first kappa shape index (κ1) is 19.5. The Bertz CT molecular complexity index is 401. The van der Waals surface area contributed by atoms with Crippen molar-refractivity contribution < 1.29 is 7.87 Å². The van der Waals surface area contributed by atoms with Crippen LogP contribution in [0, 0.1) is 0 Å². The molecule has 1 rings (SSSR count). The number of pyridine rings is 1. The van der Waals surface area contributed by atoms with E-state index in [1.54, 1.807) is 18.5 Å². The molecule has 0 aliphatic heterocycles. The summed E-state index contributed by atoms with van der Waals surface area (Å²) in [6.45, 7) is 6.66. The Morgan fingerprint density at radius 3 is 2.00 bits per heavy atom. The molecule has 0 saturated heterocycles. The molecule has 0 saturated carbocycles. The van der Waals surface area contributed by atoms with Gasteiger partial charge in [-0.3, -0.25) is 0 Å². The molecule has 0 bridgehead atoms. The number of hydrogen-bond acceptors (Lipinski definition) is 3. The molecule has 0 radical (unpaired) electrons. The van der Waals surface area contributed by atoms with Gasteiger partial charge in [-0.15, -0.1) is 0 Å². The molecule has 124 valence electrons. The van der Waals surface area contributed by atoms with Crippen LogP contribution in [0.5, 0.6) is 0 Å². The van der Waals surface area contributed by atoms with E-state index in [4.69, 9.17) is 3.07 Å². The summed E-state index contributed by atoms with van der Waals surface area (Å²) >= 11 is -2.84. The van der Waals surface area contributed by atoms with Crippen molar-refractivity contribution in [2.45, 2.75) is 72.6 Å². The third-order valence-electron chi connectivity index (χ3n) is 4.16. The molecule has 0 unspecified atom stereocenters. The van der Waals surface area contributed by atoms with Gasteiger partial charge in [0.2, 0.25) is 0 Å². The van der Waals surface area contributed by atoms with Gasteiger partial charge < -0.3 is 0 Å². The Kier molecular flexibility index (Phi) is 9.76. The van der Waals surface area contributed by atoms with E-state index in [-0.39, 0.29) is 5.97 Å². The third-order valence-corrected chi connectivity index (χ3v) is 16.8. The van der Waals surface area contributed by atoms with Crippen molar-refractivity contribution in [1.82, 2.24) is 4.98 Å². The van der Waals surface area contributed by atoms with Crippen molar-refractivity contribution in [3.05, 3.63) is 30.1 Å². The summed E-state index contributed by atoms with van der Waals surface area (Å²) in [5.74, 6) is -0.132. The van der Waals surface area contributed by atoms with E-state index in [1.165, 1.54) is 51.8 Å². The minimum atomic E-state index is -2.84. The van der Waals surface area contributed by atoms with E-state index in [1.807, 2.05) is 6.07 Å². The number of carbonyl (C=O) groups excluding carboxylic acids is 1. The van der Waals surface area contributed by atoms with E-state index in [9.17, 15) is 4.79 Å². The van der Waals surface area contributed by atoms with Gasteiger partial charge in [-0.25, -0.2) is 0 Å². The van der Waals surface area contributed by atoms with Crippen LogP contribution in [0.3, 0.4) is 0 Å². The van der Waals surface area contributed by atoms with E-state index in [0.29, 0.717) is 5.56 Å². The standard InChI is InChI=1S/C6H5NO2.3C4H9.Sn/c8-6(9)5-2-1-3-7-4-5;3*1-3-4-2;/h1-4H,(H,8,9);3*1,3-4H2,2H3;/q;;;;+1/p-1. The van der Waals surface area contributed by atoms with Gasteiger partial charge in [-0.1, -0.05) is 0 Å². The van der Waals surface area contributed by atoms with Crippen molar-refractivity contribution in [3.8, 4) is 0 Å². The van der Waals surface area contributed by atoms with Crippen LogP contribution >= 0.6 is 0 Å². The molecule has 0 N–H and O–H groups in total. The average Bonchev–Trinajstić information content (AvgIpc) is 2.56. The number of aromatic nitrogens is 1. The molecule has 0 spiro atoms. The van der Waals surface area contributed by atoms with Crippen LogP contribution in [0.4, 0.5) is 0 Å². The van der Waals surface area contributed by atoms with Gasteiger partial charge in [0.25, 0.3) is 0 Å². The van der Waals surface area contributed by atoms with E-state index >= 15 is 0 Å². The molecule has 4 heteroatoms. The maximum absolute atomic E-state index is 12.5. The normalized spacial score (nSPS) is 11.4. The zero-order valence-corrected chi connectivity index (χ0v) is 17.3. The number of unbranched alkanes of at least 4 members (excludes halogenated alkanes) is 3. The van der Waals surface area contributed by atoms with Crippen molar-refractivity contribution in [3.63, 3.8) is 0 Å². The summed E-state index contributed by atoms with van der Waals surface area (Å²) in [5.41, 5.74) is 0.605. The molecule has 0 aliphatic rings. The third kappa shape index (κ3) is 6.67. The quantitative estimate of drug-likeness (QED) is 0.446. The van der Waals surface area contributed by atoms with Gasteiger partial charge in [-0.05, 0) is 0 Å². The van der Waals surface area contributed by atoms with E-state index in [2.05, 4.69) is 25.8 Å². The van der Waals surface area contributed by atoms with Crippen molar-refractivity contribution in [1.29, 1.82) is 0 Å². The fourth-order valence-electron chi connectivity index (χ4n) is 2.76. The van der Waals surface area contributed by atoms with Gasteiger partial charge in [0.05, 0.1) is 0 Å². The van der Waals surface area contributed by atoms with Gasteiger partial charge in [0, 0.05) is 0 Å². The summed E-state index contributed by atoms with van der Waals surface area (Å²) < 4.78 is 9.79. The first-order chi connectivity index (χ1) is 10.7. The van der Waals surface area contributed by atoms with Gasteiger partial charge in [-0.2, -0.15) is 0 Å². The monoisotopic (exact) mass is 413 g/mol. The van der Waals surface area contributed by atoms with Crippen LogP contribution in [0.1, 0.15) is 69.7 Å². The van der Waals surface area contributed by atoms with Crippen LogP contribution in [-0.2, 0) is 3.07 Å². The molecule has 0 aliphatic carbocycles. The Balaban J connectivity index is 2.86. The van der Waals surface area contributed by atoms with Crippen LogP contribution in [-0.4, -0.2) is 29.7 Å². The van der Waals surface area contributed by atoms with Crippen LogP contribution in [0.15, 0.2) is 24.5 Å². The van der Waals surface area contributed by atoms with E-state index in [0.717, 1.165) is 0 Å². The van der Waals surface area contributed by atoms with Crippen LogP contribution in [0.25, 0.3) is 0 Å². The average molecular weight is 412 g/mol. The van der Waals surface area contributed by atoms with Crippen LogP contribution in [0.2, 0.25) is 13.3 Å². The predicted octanol–water partition coefficient (Wildman–Crippen LogP) is 5.58. The fourth-order valence-corrected chi connectivity index (χ4v) is 15.8. The summed E-state index contributed by atoms with van der Waals surface area (Å²) in [6.07, 6.45) is 10.5. The zero-order valence-electron chi connectivity index (χ0n) is 14.4. The Hall–Kier alpha value is -0.581. The molecule has 1 heterocycles. The first-order valence-corrected chi connectivity index (χ1v) is 16.0. The number of rotatable bonds is 11. The molecule has 22 heavy (non-hydrogen) atoms. The number of hydrogen-bond donors (Lipinski definition) is 0. The second-order valence-corrected chi connectivity index (χ2v) is 17.7. The molecule has 1 aromatic rings. The van der Waals surface area contributed by atoms with Gasteiger partial charge >= 0.3 is 140 Å². The molecule has 0 amide bonds.